The highest BCUT2D eigenvalue weighted by Crippen LogP contribution is 2.40. The van der Waals surface area contributed by atoms with E-state index in [2.05, 4.69) is 41.6 Å². The number of esters is 8. The van der Waals surface area contributed by atoms with Gasteiger partial charge in [-0.3, -0.25) is 19.2 Å². The zero-order valence-electron chi connectivity index (χ0n) is 72.0. The number of aliphatic hydroxyl groups excluding tert-OH is 1. The molecule has 7 aromatic carbocycles. The lowest BCUT2D eigenvalue weighted by Gasteiger charge is -2.46. The second-order valence-electron chi connectivity index (χ2n) is 30.8. The van der Waals surface area contributed by atoms with E-state index < -0.39 is 202 Å². The summed E-state index contributed by atoms with van der Waals surface area (Å²) < 4.78 is 116. The van der Waals surface area contributed by atoms with Crippen LogP contribution in [0.3, 0.4) is 0 Å². The van der Waals surface area contributed by atoms with Crippen LogP contribution in [0.25, 0.3) is 0 Å². The van der Waals surface area contributed by atoms with Crippen LogP contribution in [0.4, 0.5) is 0 Å². The fourth-order valence-corrected chi connectivity index (χ4v) is 15.3. The second kappa shape index (κ2) is 45.2. The van der Waals surface area contributed by atoms with Gasteiger partial charge >= 0.3 is 47.8 Å². The third-order valence-corrected chi connectivity index (χ3v) is 21.4. The van der Waals surface area contributed by atoms with Crippen molar-refractivity contribution < 1.29 is 138 Å². The van der Waals surface area contributed by atoms with Gasteiger partial charge in [0.25, 0.3) is 0 Å². The van der Waals surface area contributed by atoms with Gasteiger partial charge < -0.3 is 101 Å². The van der Waals surface area contributed by atoms with E-state index in [1.54, 1.807) is 72.8 Å². The van der Waals surface area contributed by atoms with Gasteiger partial charge in [-0.25, -0.2) is 42.8 Å². The summed E-state index contributed by atoms with van der Waals surface area (Å²) in [5.41, 5.74) is 2.53. The van der Waals surface area contributed by atoms with Crippen molar-refractivity contribution in [3.63, 3.8) is 0 Å². The zero-order valence-corrected chi connectivity index (χ0v) is 72.0. The molecule has 0 spiro atoms. The summed E-state index contributed by atoms with van der Waals surface area (Å²) in [6.45, 7) is 2.65. The molecular formula is C92H95N11O29. The predicted molar refractivity (Wildman–Crippen MR) is 449 cm³/mol. The number of nitrogens with zero attached hydrogens (tertiary/aromatic N) is 9. The number of aromatic nitrogens is 9. The molecule has 2 amide bonds. The molecule has 40 heteroatoms. The molecule has 0 radical (unpaired) electrons. The molecule has 7 heterocycles. The fourth-order valence-electron chi connectivity index (χ4n) is 15.3. The van der Waals surface area contributed by atoms with Gasteiger partial charge in [0.2, 0.25) is 11.8 Å². The van der Waals surface area contributed by atoms with E-state index >= 15 is 0 Å². The minimum absolute atomic E-state index is 0.00375. The van der Waals surface area contributed by atoms with E-state index in [1.165, 1.54) is 74.0 Å². The van der Waals surface area contributed by atoms with Gasteiger partial charge in [-0.1, -0.05) is 179 Å². The quantitative estimate of drug-likeness (QED) is 0.0294. The summed E-state index contributed by atoms with van der Waals surface area (Å²) in [5.74, 6) is -8.99. The smallest absolute Gasteiger partial charge is 0.338 e. The monoisotopic (exact) mass is 1820 g/mol. The van der Waals surface area contributed by atoms with Gasteiger partial charge in [-0.2, -0.15) is 0 Å². The average molecular weight is 1820 g/mol. The van der Waals surface area contributed by atoms with Gasteiger partial charge in [0.05, 0.1) is 101 Å². The lowest BCUT2D eigenvalue weighted by atomic mass is 9.95. The zero-order chi connectivity index (χ0) is 92.7. The number of hydrogen-bond acceptors (Lipinski definition) is 35. The number of carbonyl (C=O) groups excluding carboxylic acids is 10. The normalized spacial score (nSPS) is 25.1. The number of rotatable bonds is 37. The van der Waals surface area contributed by atoms with Crippen molar-refractivity contribution in [2.45, 2.75) is 190 Å². The Labute approximate surface area is 754 Å². The van der Waals surface area contributed by atoms with Crippen LogP contribution in [0.2, 0.25) is 0 Å². The Hall–Kier alpha value is -13.8. The molecule has 692 valence electrons. The van der Waals surface area contributed by atoms with Gasteiger partial charge in [0.1, 0.15) is 78.5 Å². The maximum Gasteiger partial charge on any atom is 0.338 e. The molecule has 4 saturated heterocycles. The molecule has 0 aliphatic carbocycles. The molecule has 132 heavy (non-hydrogen) atoms. The van der Waals surface area contributed by atoms with E-state index in [-0.39, 0.29) is 72.4 Å². The fraction of sp³-hybridized carbons (Fsp3) is 0.370. The number of amides is 2. The summed E-state index contributed by atoms with van der Waals surface area (Å²) >= 11 is 0. The molecule has 10 aromatic rings. The standard InChI is InChI=1S/C92H95N11O29/c1-53(104)93-69-75(124-56(4)107)73(121-49-66-43-102(99-97-66)84-80(131-88(111)62-38-24-12-25-39-62)76(71(108)77(127-84)90(113)115-5)129-86(109)60-34-20-10-21-35-60)68(52-118-55(3)106)125-83(69)101-42-64(95-98-101)50-122-78-79(130-87(110)61-36-22-11-23-37-61)81(132-89(112)63-40-26-13-27-41-63)85(128-82(78)91(114)116-6)103-44-65(96-100-103)48-120-72-67(51-117-45-57-28-14-7-15-29-57)126-92(123-47-59-32-18-9-19-33-59)70(94-54(2)105)74(72)119-46-58-30-16-8-17-31-58/h7-44,67-85,92,108H,45-52H2,1-6H3,(H,93,104)(H,94,105)/t67-,68-,69-,70-,71+,72-,73-,74-,75-,76+,77+,78+,79+,80-,81-,82+,83-,84-,85-,92-/m1/s1. The number of methoxy groups -OCH3 is 2. The van der Waals surface area contributed by atoms with Crippen LogP contribution in [0.1, 0.15) is 122 Å². The number of ether oxygens (including phenoxy) is 18. The van der Waals surface area contributed by atoms with Crippen LogP contribution in [-0.2, 0) is 154 Å². The first-order valence-electron chi connectivity index (χ1n) is 41.9. The van der Waals surface area contributed by atoms with E-state index in [9.17, 15) is 53.1 Å². The predicted octanol–water partition coefficient (Wildman–Crippen LogP) is 6.07. The van der Waals surface area contributed by atoms with Crippen LogP contribution < -0.4 is 10.6 Å². The Morgan fingerprint density at radius 2 is 0.712 bits per heavy atom. The second-order valence-corrected chi connectivity index (χ2v) is 30.8. The third-order valence-electron chi connectivity index (χ3n) is 21.4. The minimum Gasteiger partial charge on any atom is -0.467 e. The Morgan fingerprint density at radius 3 is 1.15 bits per heavy atom. The van der Waals surface area contributed by atoms with Crippen LogP contribution >= 0.6 is 0 Å². The van der Waals surface area contributed by atoms with Gasteiger partial charge in [-0.05, 0) is 65.2 Å². The van der Waals surface area contributed by atoms with Gasteiger partial charge in [0, 0.05) is 27.7 Å². The maximum atomic E-state index is 14.8. The van der Waals surface area contributed by atoms with E-state index in [1.807, 2.05) is 91.0 Å². The topological polar surface area (TPSA) is 473 Å². The highest BCUT2D eigenvalue weighted by atomic mass is 16.7. The first-order valence-corrected chi connectivity index (χ1v) is 41.9. The molecule has 3 aromatic heterocycles. The highest BCUT2D eigenvalue weighted by molar-refractivity contribution is 5.92. The first-order chi connectivity index (χ1) is 64.0. The maximum absolute atomic E-state index is 14.8. The van der Waals surface area contributed by atoms with Gasteiger partial charge in [-0.15, -0.1) is 15.3 Å². The summed E-state index contributed by atoms with van der Waals surface area (Å²) in [6.07, 6.45) is -24.9. The van der Waals surface area contributed by atoms with E-state index in [4.69, 9.17) is 85.3 Å². The molecular weight excluding hydrogens is 1720 g/mol. The Balaban J connectivity index is 0.754. The van der Waals surface area contributed by atoms with Crippen molar-refractivity contribution >= 4 is 59.6 Å². The molecule has 4 aliphatic heterocycles. The van der Waals surface area contributed by atoms with Crippen molar-refractivity contribution in [3.05, 3.63) is 287 Å². The molecule has 14 rings (SSSR count). The Bertz CT molecular complexity index is 5520. The van der Waals surface area contributed by atoms with Crippen molar-refractivity contribution in [1.82, 2.24) is 55.6 Å². The lowest BCUT2D eigenvalue weighted by molar-refractivity contribution is -0.293. The SMILES string of the molecule is COC(=O)[C@H]1O[C@@H](n2cc(CO[C@H]3[C@H](OC(C)=O)[C@@H](NC(C)=O)[C@H](n4cc(CO[C@H]5[C@H](OC(=O)c6ccccc6)[C@@H](OC(=O)c6ccccc6)[C@H](n6cc(CO[C@H]7[C@H](OCc8ccccc8)[C@@H](NC(C)=O)[C@H](OCc8ccccc8)O[C@@H]7COCc7ccccc7)nn6)O[C@@H]5C(=O)OC)nn4)O[C@@H]3COC(C)=O)nn2)[C@H](OC(=O)c2ccccc2)[C@@H](OC(=O)c2ccccc2)[C@@H]1O. The van der Waals surface area contributed by atoms with E-state index in [0.29, 0.717) is 0 Å². The molecule has 4 fully saturated rings. The largest absolute Gasteiger partial charge is 0.467 e. The van der Waals surface area contributed by atoms with Crippen LogP contribution in [0, 0.1) is 0 Å². The van der Waals surface area contributed by atoms with Crippen molar-refractivity contribution in [3.8, 4) is 0 Å². The van der Waals surface area contributed by atoms with E-state index in [0.717, 1.165) is 65.7 Å². The molecule has 4 aliphatic rings. The highest BCUT2D eigenvalue weighted by Gasteiger charge is 2.58. The molecule has 0 saturated carbocycles. The summed E-state index contributed by atoms with van der Waals surface area (Å²) in [4.78, 5) is 138. The van der Waals surface area contributed by atoms with Crippen LogP contribution in [-0.4, -0.2) is 241 Å². The third kappa shape index (κ3) is 24.1. The van der Waals surface area contributed by atoms with Crippen LogP contribution in [0.5, 0.6) is 0 Å². The summed E-state index contributed by atoms with van der Waals surface area (Å²) in [7, 11) is 2.09. The molecule has 0 unspecified atom stereocenters. The minimum atomic E-state index is -2.01. The molecule has 3 N–H and O–H groups in total. The number of aliphatic hydroxyl groups is 1. The Morgan fingerprint density at radius 1 is 0.348 bits per heavy atom. The number of nitrogens with one attached hydrogen (secondary N) is 2. The first kappa shape index (κ1) is 94.3. The summed E-state index contributed by atoms with van der Waals surface area (Å²) in [6, 6.07) is 56.5. The van der Waals surface area contributed by atoms with Crippen LogP contribution in [0.15, 0.2) is 231 Å². The Kier molecular flexibility index (Phi) is 32.3. The molecule has 40 nitrogen and oxygen atoms in total. The van der Waals surface area contributed by atoms with Gasteiger partial charge in [0.15, 0.2) is 67.7 Å². The number of hydrogen-bond donors (Lipinski definition) is 3. The van der Waals surface area contributed by atoms with Crippen molar-refractivity contribution in [2.24, 2.45) is 0 Å². The molecule has 20 atom stereocenters. The molecule has 0 bridgehead atoms. The lowest BCUT2D eigenvalue weighted by Crippen LogP contribution is -2.66. The summed E-state index contributed by atoms with van der Waals surface area (Å²) in [5, 5.41) is 43.7. The number of benzene rings is 7. The number of carbonyl (C=O) groups is 10. The van der Waals surface area contributed by atoms with Crippen molar-refractivity contribution in [2.75, 3.05) is 27.4 Å². The average Bonchev–Trinajstić information content (AvgIpc) is 0.994. The van der Waals surface area contributed by atoms with Crippen molar-refractivity contribution in [1.29, 1.82) is 0 Å².